The van der Waals surface area contributed by atoms with Crippen LogP contribution in [0.1, 0.15) is 11.4 Å². The third-order valence-corrected chi connectivity index (χ3v) is 3.50. The zero-order valence-corrected chi connectivity index (χ0v) is 12.3. The van der Waals surface area contributed by atoms with Gasteiger partial charge in [-0.25, -0.2) is 4.98 Å². The first kappa shape index (κ1) is 13.7. The molecule has 5 heteroatoms. The van der Waals surface area contributed by atoms with Gasteiger partial charge in [-0.3, -0.25) is 0 Å². The molecule has 0 aliphatic heterocycles. The molecule has 0 aliphatic rings. The van der Waals surface area contributed by atoms with Gasteiger partial charge in [0.1, 0.15) is 17.4 Å². The molecule has 0 spiro atoms. The molecule has 0 radical (unpaired) electrons. The highest BCUT2D eigenvalue weighted by molar-refractivity contribution is 7.98. The van der Waals surface area contributed by atoms with Crippen molar-refractivity contribution in [3.8, 4) is 11.6 Å². The molecule has 1 heterocycles. The predicted molar refractivity (Wildman–Crippen MR) is 79.3 cm³/mol. The van der Waals surface area contributed by atoms with E-state index in [1.54, 1.807) is 11.8 Å². The molecule has 2 aromatic rings. The van der Waals surface area contributed by atoms with Crippen LogP contribution >= 0.6 is 11.8 Å². The fraction of sp³-hybridized carbons (Fsp3) is 0.286. The predicted octanol–water partition coefficient (Wildman–Crippen LogP) is 3.65. The van der Waals surface area contributed by atoms with Crippen molar-refractivity contribution in [2.75, 3.05) is 18.6 Å². The molecule has 19 heavy (non-hydrogen) atoms. The summed E-state index contributed by atoms with van der Waals surface area (Å²) in [6.07, 6.45) is 2.03. The number of hydrogen-bond donors (Lipinski definition) is 1. The fourth-order valence-electron chi connectivity index (χ4n) is 1.75. The number of aromatic nitrogens is 2. The minimum Gasteiger partial charge on any atom is -0.437 e. The van der Waals surface area contributed by atoms with Gasteiger partial charge in [0.25, 0.3) is 0 Å². The number of hydrogen-bond acceptors (Lipinski definition) is 5. The summed E-state index contributed by atoms with van der Waals surface area (Å²) < 4.78 is 5.94. The van der Waals surface area contributed by atoms with E-state index >= 15 is 0 Å². The van der Waals surface area contributed by atoms with Gasteiger partial charge < -0.3 is 10.1 Å². The van der Waals surface area contributed by atoms with Crippen molar-refractivity contribution < 1.29 is 4.74 Å². The lowest BCUT2D eigenvalue weighted by Crippen LogP contribution is -2.03. The number of thioether (sulfide) groups is 1. The fourth-order valence-corrected chi connectivity index (χ4v) is 2.28. The Balaban J connectivity index is 2.40. The molecular formula is C14H17N3OS. The number of para-hydroxylation sites is 1. The highest BCUT2D eigenvalue weighted by atomic mass is 32.2. The van der Waals surface area contributed by atoms with E-state index in [-0.39, 0.29) is 0 Å². The minimum atomic E-state index is 0.596. The van der Waals surface area contributed by atoms with Crippen LogP contribution in [0.4, 0.5) is 5.82 Å². The van der Waals surface area contributed by atoms with Crippen molar-refractivity contribution in [1.29, 1.82) is 0 Å². The summed E-state index contributed by atoms with van der Waals surface area (Å²) in [6, 6.07) is 7.93. The van der Waals surface area contributed by atoms with Crippen LogP contribution in [-0.2, 0) is 0 Å². The number of anilines is 1. The quantitative estimate of drug-likeness (QED) is 0.863. The van der Waals surface area contributed by atoms with E-state index in [1.165, 1.54) is 0 Å². The summed E-state index contributed by atoms with van der Waals surface area (Å²) in [4.78, 5) is 9.79. The third-order valence-electron chi connectivity index (χ3n) is 2.73. The van der Waals surface area contributed by atoms with E-state index in [0.29, 0.717) is 11.7 Å². The lowest BCUT2D eigenvalue weighted by Gasteiger charge is -2.13. The van der Waals surface area contributed by atoms with Crippen molar-refractivity contribution in [3.63, 3.8) is 0 Å². The van der Waals surface area contributed by atoms with Gasteiger partial charge in [0, 0.05) is 11.9 Å². The van der Waals surface area contributed by atoms with Gasteiger partial charge in [-0.15, -0.1) is 11.8 Å². The van der Waals surface area contributed by atoms with Gasteiger partial charge in [-0.1, -0.05) is 12.1 Å². The number of nitrogens with zero attached hydrogens (tertiary/aromatic N) is 2. The summed E-state index contributed by atoms with van der Waals surface area (Å²) in [6.45, 7) is 3.80. The zero-order valence-electron chi connectivity index (χ0n) is 11.5. The summed E-state index contributed by atoms with van der Waals surface area (Å²) in [7, 11) is 1.84. The molecule has 2 rings (SSSR count). The summed E-state index contributed by atoms with van der Waals surface area (Å²) in [5.74, 6) is 2.90. The molecule has 0 aliphatic carbocycles. The normalized spacial score (nSPS) is 10.3. The molecule has 0 bridgehead atoms. The third kappa shape index (κ3) is 2.98. The Labute approximate surface area is 117 Å². The summed E-state index contributed by atoms with van der Waals surface area (Å²) in [5.41, 5.74) is 0.906. The van der Waals surface area contributed by atoms with Crippen LogP contribution < -0.4 is 10.1 Å². The van der Waals surface area contributed by atoms with Gasteiger partial charge in [0.2, 0.25) is 5.88 Å². The first-order valence-corrected chi connectivity index (χ1v) is 7.22. The Hall–Kier alpha value is -1.75. The van der Waals surface area contributed by atoms with E-state index in [4.69, 9.17) is 4.74 Å². The molecule has 100 valence electrons. The standard InChI is InChI=1S/C14H17N3OS/c1-9-13(15-3)16-10(2)17-14(9)18-11-7-5-6-8-12(11)19-4/h5-8H,1-4H3,(H,15,16,17). The SMILES string of the molecule is CNc1nc(C)nc(Oc2ccccc2SC)c1C. The van der Waals surface area contributed by atoms with Gasteiger partial charge in [-0.2, -0.15) is 4.98 Å². The van der Waals surface area contributed by atoms with Crippen LogP contribution in [-0.4, -0.2) is 23.3 Å². The first-order chi connectivity index (χ1) is 9.15. The highest BCUT2D eigenvalue weighted by Crippen LogP contribution is 2.33. The maximum Gasteiger partial charge on any atom is 0.227 e. The van der Waals surface area contributed by atoms with Crippen LogP contribution in [0, 0.1) is 13.8 Å². The van der Waals surface area contributed by atoms with Crippen molar-refractivity contribution in [2.24, 2.45) is 0 Å². The molecule has 0 saturated carbocycles. The first-order valence-electron chi connectivity index (χ1n) is 5.99. The van der Waals surface area contributed by atoms with Crippen LogP contribution in [0.2, 0.25) is 0 Å². The molecule has 0 unspecified atom stereocenters. The van der Waals surface area contributed by atoms with Crippen LogP contribution in [0.5, 0.6) is 11.6 Å². The monoisotopic (exact) mass is 275 g/mol. The van der Waals surface area contributed by atoms with Gasteiger partial charge in [0.15, 0.2) is 0 Å². The van der Waals surface area contributed by atoms with Crippen molar-refractivity contribution in [1.82, 2.24) is 9.97 Å². The number of rotatable bonds is 4. The molecular weight excluding hydrogens is 258 g/mol. The van der Waals surface area contributed by atoms with E-state index in [9.17, 15) is 0 Å². The second kappa shape index (κ2) is 5.93. The van der Waals surface area contributed by atoms with Crippen molar-refractivity contribution in [3.05, 3.63) is 35.7 Å². The number of ether oxygens (including phenoxy) is 1. The smallest absolute Gasteiger partial charge is 0.227 e. The minimum absolute atomic E-state index is 0.596. The molecule has 0 amide bonds. The Kier molecular flexibility index (Phi) is 4.27. The number of aryl methyl sites for hydroxylation is 1. The molecule has 1 N–H and O–H groups in total. The van der Waals surface area contributed by atoms with Crippen molar-refractivity contribution in [2.45, 2.75) is 18.7 Å². The Morgan fingerprint density at radius 3 is 2.58 bits per heavy atom. The molecule has 1 aromatic carbocycles. The van der Waals surface area contributed by atoms with Crippen LogP contribution in [0.25, 0.3) is 0 Å². The Bertz CT molecular complexity index is 587. The van der Waals surface area contributed by atoms with Crippen LogP contribution in [0.3, 0.4) is 0 Å². The largest absolute Gasteiger partial charge is 0.437 e. The van der Waals surface area contributed by atoms with E-state index in [2.05, 4.69) is 15.3 Å². The van der Waals surface area contributed by atoms with Gasteiger partial charge in [-0.05, 0) is 32.2 Å². The topological polar surface area (TPSA) is 47.0 Å². The summed E-state index contributed by atoms with van der Waals surface area (Å²) >= 11 is 1.65. The number of benzene rings is 1. The average molecular weight is 275 g/mol. The lowest BCUT2D eigenvalue weighted by atomic mass is 10.3. The van der Waals surface area contributed by atoms with E-state index < -0.39 is 0 Å². The second-order valence-electron chi connectivity index (χ2n) is 4.05. The molecule has 0 saturated heterocycles. The summed E-state index contributed by atoms with van der Waals surface area (Å²) in [5, 5.41) is 3.05. The Morgan fingerprint density at radius 1 is 1.16 bits per heavy atom. The van der Waals surface area contributed by atoms with E-state index in [0.717, 1.165) is 22.0 Å². The molecule has 1 aromatic heterocycles. The maximum atomic E-state index is 5.94. The lowest BCUT2D eigenvalue weighted by molar-refractivity contribution is 0.446. The second-order valence-corrected chi connectivity index (χ2v) is 4.90. The molecule has 4 nitrogen and oxygen atoms in total. The Morgan fingerprint density at radius 2 is 1.89 bits per heavy atom. The number of nitrogens with one attached hydrogen (secondary N) is 1. The molecule has 0 atom stereocenters. The van der Waals surface area contributed by atoms with Crippen molar-refractivity contribution >= 4 is 17.6 Å². The zero-order chi connectivity index (χ0) is 13.8. The maximum absolute atomic E-state index is 5.94. The highest BCUT2D eigenvalue weighted by Gasteiger charge is 2.11. The molecule has 0 fully saturated rings. The van der Waals surface area contributed by atoms with Crippen LogP contribution in [0.15, 0.2) is 29.2 Å². The average Bonchev–Trinajstić information content (AvgIpc) is 2.43. The van der Waals surface area contributed by atoms with E-state index in [1.807, 2.05) is 51.4 Å². The van der Waals surface area contributed by atoms with Gasteiger partial charge in [0.05, 0.1) is 5.56 Å². The van der Waals surface area contributed by atoms with Gasteiger partial charge >= 0.3 is 0 Å².